The molecule has 0 saturated heterocycles. The monoisotopic (exact) mass is 290 g/mol. The molecular weight excluding hydrogens is 281 g/mol. The maximum atomic E-state index is 12.2. The van der Waals surface area contributed by atoms with E-state index in [2.05, 4.69) is 9.72 Å². The number of H-pyrrole nitrogens is 1. The number of carboxylic acid groups (broad SMARTS) is 1. The van der Waals surface area contributed by atoms with E-state index in [9.17, 15) is 22.8 Å². The number of carbonyl (C=O) groups is 1. The highest BCUT2D eigenvalue weighted by Crippen LogP contribution is 2.31. The van der Waals surface area contributed by atoms with Gasteiger partial charge in [0.2, 0.25) is 0 Å². The number of fused-ring (bicyclic) bond motifs is 1. The number of hydrogen-bond donors (Lipinski definition) is 2. The van der Waals surface area contributed by atoms with Crippen LogP contribution in [0, 0.1) is 0 Å². The Balaban J connectivity index is 2.69. The van der Waals surface area contributed by atoms with Crippen LogP contribution in [0.4, 0.5) is 13.2 Å². The lowest BCUT2D eigenvalue weighted by molar-refractivity contribution is -0.153. The first kappa shape index (κ1) is 14.0. The fraction of sp³-hybridized carbons (Fsp3) is 0.273. The second kappa shape index (κ2) is 4.58. The van der Waals surface area contributed by atoms with Crippen LogP contribution in [0.3, 0.4) is 0 Å². The predicted molar refractivity (Wildman–Crippen MR) is 62.0 cm³/mol. The predicted octanol–water partition coefficient (Wildman–Crippen LogP) is 1.51. The molecule has 0 unspecified atom stereocenters. The van der Waals surface area contributed by atoms with Crippen LogP contribution in [0.25, 0.3) is 10.9 Å². The minimum atomic E-state index is -4.64. The van der Waals surface area contributed by atoms with Gasteiger partial charge in [0.25, 0.3) is 5.56 Å². The van der Waals surface area contributed by atoms with Crippen molar-refractivity contribution in [3.63, 3.8) is 0 Å². The maximum Gasteiger partial charge on any atom is 0.422 e. The molecule has 6 nitrogen and oxygen atoms in total. The fourth-order valence-corrected chi connectivity index (χ4v) is 1.89. The minimum absolute atomic E-state index is 0.170. The summed E-state index contributed by atoms with van der Waals surface area (Å²) in [6.07, 6.45) is -3.37. The third kappa shape index (κ3) is 2.33. The molecule has 2 heterocycles. The van der Waals surface area contributed by atoms with Gasteiger partial charge in [0, 0.05) is 13.2 Å². The van der Waals surface area contributed by atoms with Gasteiger partial charge in [-0.2, -0.15) is 13.2 Å². The van der Waals surface area contributed by atoms with Crippen molar-refractivity contribution < 1.29 is 27.8 Å². The summed E-state index contributed by atoms with van der Waals surface area (Å²) in [5.74, 6) is -2.07. The summed E-state index contributed by atoms with van der Waals surface area (Å²) >= 11 is 0. The molecule has 0 aliphatic heterocycles. The standard InChI is InChI=1S/C11H9F3N2O4/c1-16-5-2-3-15-9(17)6(5)8(7(16)10(18)19)20-4-11(12,13)14/h2-3H,4H2,1H3,(H,15,17)(H,18,19). The Bertz CT molecular complexity index is 730. The van der Waals surface area contributed by atoms with Crippen molar-refractivity contribution >= 4 is 16.9 Å². The summed E-state index contributed by atoms with van der Waals surface area (Å²) in [6, 6.07) is 1.38. The Labute approximate surface area is 109 Å². The summed E-state index contributed by atoms with van der Waals surface area (Å²) in [7, 11) is 1.33. The van der Waals surface area contributed by atoms with Gasteiger partial charge in [-0.05, 0) is 6.07 Å². The number of pyridine rings is 1. The zero-order chi connectivity index (χ0) is 15.1. The fourth-order valence-electron chi connectivity index (χ4n) is 1.89. The van der Waals surface area contributed by atoms with Gasteiger partial charge in [-0.15, -0.1) is 0 Å². The summed E-state index contributed by atoms with van der Waals surface area (Å²) < 4.78 is 42.3. The molecule has 0 aliphatic rings. The van der Waals surface area contributed by atoms with Crippen molar-refractivity contribution in [2.75, 3.05) is 6.61 Å². The number of ether oxygens (including phenoxy) is 1. The van der Waals surface area contributed by atoms with Crippen LogP contribution in [0.5, 0.6) is 5.75 Å². The van der Waals surface area contributed by atoms with Crippen molar-refractivity contribution in [1.82, 2.24) is 9.55 Å². The number of carboxylic acids is 1. The van der Waals surface area contributed by atoms with Crippen LogP contribution < -0.4 is 10.3 Å². The molecule has 0 atom stereocenters. The summed E-state index contributed by atoms with van der Waals surface area (Å²) in [5.41, 5.74) is -1.06. The van der Waals surface area contributed by atoms with Gasteiger partial charge >= 0.3 is 12.1 Å². The minimum Gasteiger partial charge on any atom is -0.481 e. The lowest BCUT2D eigenvalue weighted by atomic mass is 10.3. The number of halogens is 3. The molecule has 0 bridgehead atoms. The number of hydrogen-bond acceptors (Lipinski definition) is 3. The highest BCUT2D eigenvalue weighted by atomic mass is 19.4. The first-order valence-electron chi connectivity index (χ1n) is 5.35. The number of rotatable bonds is 3. The average Bonchev–Trinajstić information content (AvgIpc) is 2.60. The molecule has 0 aliphatic carbocycles. The highest BCUT2D eigenvalue weighted by Gasteiger charge is 2.32. The lowest BCUT2D eigenvalue weighted by Gasteiger charge is -2.09. The first-order chi connectivity index (χ1) is 9.22. The number of alkyl halides is 3. The molecule has 20 heavy (non-hydrogen) atoms. The molecule has 2 rings (SSSR count). The van der Waals surface area contributed by atoms with E-state index in [-0.39, 0.29) is 10.9 Å². The van der Waals surface area contributed by atoms with E-state index >= 15 is 0 Å². The van der Waals surface area contributed by atoms with Crippen molar-refractivity contribution in [1.29, 1.82) is 0 Å². The Hall–Kier alpha value is -2.45. The number of aryl methyl sites for hydroxylation is 1. The smallest absolute Gasteiger partial charge is 0.422 e. The third-order valence-corrected chi connectivity index (χ3v) is 2.66. The van der Waals surface area contributed by atoms with E-state index in [1.54, 1.807) is 0 Å². The second-order valence-electron chi connectivity index (χ2n) is 4.01. The number of nitrogens with zero attached hydrogens (tertiary/aromatic N) is 1. The van der Waals surface area contributed by atoms with Gasteiger partial charge in [-0.3, -0.25) is 4.79 Å². The van der Waals surface area contributed by atoms with Gasteiger partial charge < -0.3 is 19.4 Å². The van der Waals surface area contributed by atoms with Crippen molar-refractivity contribution in [2.24, 2.45) is 7.05 Å². The van der Waals surface area contributed by atoms with Gasteiger partial charge in [0.15, 0.2) is 18.1 Å². The van der Waals surface area contributed by atoms with E-state index in [0.29, 0.717) is 0 Å². The second-order valence-corrected chi connectivity index (χ2v) is 4.01. The molecule has 0 spiro atoms. The quantitative estimate of drug-likeness (QED) is 0.897. The van der Waals surface area contributed by atoms with E-state index in [4.69, 9.17) is 5.11 Å². The molecule has 108 valence electrons. The van der Waals surface area contributed by atoms with Crippen molar-refractivity contribution in [3.05, 3.63) is 28.3 Å². The average molecular weight is 290 g/mol. The Morgan fingerprint density at radius 3 is 2.70 bits per heavy atom. The van der Waals surface area contributed by atoms with Crippen LogP contribution >= 0.6 is 0 Å². The summed E-state index contributed by atoms with van der Waals surface area (Å²) in [5, 5.41) is 8.85. The largest absolute Gasteiger partial charge is 0.481 e. The van der Waals surface area contributed by atoms with E-state index in [1.807, 2.05) is 0 Å². The van der Waals surface area contributed by atoms with E-state index in [0.717, 1.165) is 4.57 Å². The van der Waals surface area contributed by atoms with E-state index in [1.165, 1.54) is 19.3 Å². The van der Waals surface area contributed by atoms with Crippen LogP contribution in [0.15, 0.2) is 17.1 Å². The van der Waals surface area contributed by atoms with Crippen LogP contribution in [0.1, 0.15) is 10.5 Å². The summed E-state index contributed by atoms with van der Waals surface area (Å²) in [6.45, 7) is -1.68. The zero-order valence-corrected chi connectivity index (χ0v) is 10.1. The molecule has 2 aromatic rings. The SMILES string of the molecule is Cn1c(C(=O)O)c(OCC(F)(F)F)c2c(=O)[nH]ccc21. The molecule has 0 fully saturated rings. The van der Waals surface area contributed by atoms with Crippen molar-refractivity contribution in [3.8, 4) is 5.75 Å². The van der Waals surface area contributed by atoms with Crippen molar-refractivity contribution in [2.45, 2.75) is 6.18 Å². The molecule has 2 N–H and O–H groups in total. The van der Waals surface area contributed by atoms with Gasteiger partial charge in [-0.1, -0.05) is 0 Å². The van der Waals surface area contributed by atoms with Gasteiger partial charge in [-0.25, -0.2) is 4.79 Å². The molecule has 2 aromatic heterocycles. The topological polar surface area (TPSA) is 84.3 Å². The van der Waals surface area contributed by atoms with E-state index < -0.39 is 35.8 Å². The first-order valence-corrected chi connectivity index (χ1v) is 5.35. The highest BCUT2D eigenvalue weighted by molar-refractivity contribution is 6.00. The summed E-state index contributed by atoms with van der Waals surface area (Å²) in [4.78, 5) is 25.1. The molecule has 9 heteroatoms. The molecule has 0 radical (unpaired) electrons. The maximum absolute atomic E-state index is 12.2. The van der Waals surface area contributed by atoms with Crippen LogP contribution in [0.2, 0.25) is 0 Å². The number of nitrogens with one attached hydrogen (secondary N) is 1. The Kier molecular flexibility index (Phi) is 3.20. The zero-order valence-electron chi connectivity index (χ0n) is 10.1. The number of aromatic nitrogens is 2. The Morgan fingerprint density at radius 2 is 2.15 bits per heavy atom. The third-order valence-electron chi connectivity index (χ3n) is 2.66. The molecule has 0 amide bonds. The van der Waals surface area contributed by atoms with Crippen LogP contribution in [-0.2, 0) is 7.05 Å². The molecule has 0 saturated carbocycles. The number of aromatic amines is 1. The Morgan fingerprint density at radius 1 is 1.50 bits per heavy atom. The normalized spacial score (nSPS) is 11.8. The van der Waals surface area contributed by atoms with Crippen LogP contribution in [-0.4, -0.2) is 33.4 Å². The van der Waals surface area contributed by atoms with Gasteiger partial charge in [0.1, 0.15) is 5.39 Å². The number of aromatic carboxylic acids is 1. The molecule has 0 aromatic carbocycles. The van der Waals surface area contributed by atoms with Gasteiger partial charge in [0.05, 0.1) is 5.52 Å². The molecular formula is C11H9F3N2O4. The lowest BCUT2D eigenvalue weighted by Crippen LogP contribution is -2.21.